The van der Waals surface area contributed by atoms with E-state index in [9.17, 15) is 4.79 Å². The van der Waals surface area contributed by atoms with Gasteiger partial charge in [0.2, 0.25) is 0 Å². The fourth-order valence-electron chi connectivity index (χ4n) is 0.144. The van der Waals surface area contributed by atoms with E-state index >= 15 is 0 Å². The maximum absolute atomic E-state index is 9.36. The molecule has 0 bridgehead atoms. The molecule has 4 heteroatoms. The molecule has 0 aliphatic carbocycles. The molecule has 8 heavy (non-hydrogen) atoms. The molecule has 3 N–H and O–H groups in total. The van der Waals surface area contributed by atoms with Crippen LogP contribution in [0.25, 0.3) is 0 Å². The summed E-state index contributed by atoms with van der Waals surface area (Å²) in [6.45, 7) is 0.490. The van der Waals surface area contributed by atoms with Crippen molar-refractivity contribution in [2.45, 2.75) is 6.42 Å². The molecule has 0 amide bonds. The van der Waals surface area contributed by atoms with Crippen molar-refractivity contribution in [2.75, 3.05) is 13.7 Å². The molecule has 0 heterocycles. The van der Waals surface area contributed by atoms with E-state index in [1.165, 1.54) is 0 Å². The van der Waals surface area contributed by atoms with Gasteiger partial charge in [0.1, 0.15) is 0 Å². The summed E-state index contributed by atoms with van der Waals surface area (Å²) in [6, 6.07) is 0. The Balaban J connectivity index is -0.000000125. The molecular formula is C4H10NaO3+. The van der Waals surface area contributed by atoms with Gasteiger partial charge in [0.25, 0.3) is 0 Å². The van der Waals surface area contributed by atoms with Gasteiger partial charge >= 0.3 is 29.6 Å². The minimum atomic E-state index is 0. The van der Waals surface area contributed by atoms with Crippen LogP contribution in [-0.2, 0) is 15.0 Å². The Kier molecular flexibility index (Phi) is 31.0. The van der Waals surface area contributed by atoms with E-state index in [0.29, 0.717) is 13.0 Å². The van der Waals surface area contributed by atoms with E-state index in [1.54, 1.807) is 13.4 Å². The van der Waals surface area contributed by atoms with Gasteiger partial charge in [0, 0.05) is 13.7 Å². The number of hydrogen-bond donors (Lipinski definition) is 0. The van der Waals surface area contributed by atoms with Gasteiger partial charge in [0.05, 0.1) is 0 Å². The Morgan fingerprint density at radius 1 is 1.62 bits per heavy atom. The Bertz CT molecular complexity index is 40.3. The summed E-state index contributed by atoms with van der Waals surface area (Å²) >= 11 is 0. The molecule has 0 spiro atoms. The minimum Gasteiger partial charge on any atom is -0.542 e. The van der Waals surface area contributed by atoms with Crippen molar-refractivity contribution < 1.29 is 44.6 Å². The molecule has 0 aliphatic heterocycles. The normalized spacial score (nSPS) is 6.12. The zero-order chi connectivity index (χ0) is 4.83. The van der Waals surface area contributed by atoms with E-state index in [1.807, 2.05) is 0 Å². The number of carbonyl (C=O) groups excluding carboxylic acids is 1. The Hall–Kier alpha value is 0.590. The summed E-state index contributed by atoms with van der Waals surface area (Å²) in [5.41, 5.74) is 0. The topological polar surface area (TPSA) is 59.3 Å². The summed E-state index contributed by atoms with van der Waals surface area (Å²) in [5, 5.41) is 0. The van der Waals surface area contributed by atoms with Gasteiger partial charge < -0.3 is 15.0 Å². The molecule has 0 aromatic carbocycles. The van der Waals surface area contributed by atoms with Gasteiger partial charge in [-0.05, 0) is 0 Å². The molecule has 0 aromatic rings. The van der Waals surface area contributed by atoms with E-state index in [-0.39, 0.29) is 35.0 Å². The Morgan fingerprint density at radius 3 is 2.25 bits per heavy atom. The average Bonchev–Trinajstić information content (AvgIpc) is 1.61. The van der Waals surface area contributed by atoms with Crippen LogP contribution in [0.2, 0.25) is 0 Å². The zero-order valence-electron chi connectivity index (χ0n) is 5.31. The smallest absolute Gasteiger partial charge is 0.542 e. The van der Waals surface area contributed by atoms with Crippen LogP contribution in [-0.4, -0.2) is 20.0 Å². The molecule has 0 aliphatic rings. The summed E-state index contributed by atoms with van der Waals surface area (Å²) in [5.74, 6) is 0. The van der Waals surface area contributed by atoms with Crippen molar-refractivity contribution in [3.05, 3.63) is 0 Å². The molecule has 0 rings (SSSR count). The number of rotatable bonds is 3. The first-order valence-corrected chi connectivity index (χ1v) is 1.75. The van der Waals surface area contributed by atoms with Gasteiger partial charge in [-0.25, -0.2) is 0 Å². The SMILES string of the molecule is COCC[C-]=O.[Na+].[OH3+]. The number of ether oxygens (including phenoxy) is 1. The number of methoxy groups -OCH3 is 1. The average molecular weight is 129 g/mol. The molecule has 44 valence electrons. The third-order valence-corrected chi connectivity index (χ3v) is 0.408. The zero-order valence-corrected chi connectivity index (χ0v) is 7.31. The van der Waals surface area contributed by atoms with Crippen LogP contribution in [0.15, 0.2) is 0 Å². The van der Waals surface area contributed by atoms with Crippen LogP contribution in [0.5, 0.6) is 0 Å². The van der Waals surface area contributed by atoms with Crippen molar-refractivity contribution in [2.24, 2.45) is 0 Å². The molecule has 0 saturated heterocycles. The second kappa shape index (κ2) is 15.6. The van der Waals surface area contributed by atoms with Crippen LogP contribution < -0.4 is 29.6 Å². The van der Waals surface area contributed by atoms with Crippen LogP contribution in [0.1, 0.15) is 6.42 Å². The molecular weight excluding hydrogens is 119 g/mol. The van der Waals surface area contributed by atoms with Crippen LogP contribution in [0.4, 0.5) is 0 Å². The predicted molar refractivity (Wildman–Crippen MR) is 27.1 cm³/mol. The van der Waals surface area contributed by atoms with Gasteiger partial charge in [-0.2, -0.15) is 0 Å². The molecule has 0 saturated carbocycles. The first-order valence-electron chi connectivity index (χ1n) is 1.75. The molecule has 0 radical (unpaired) electrons. The van der Waals surface area contributed by atoms with Crippen LogP contribution >= 0.6 is 0 Å². The largest absolute Gasteiger partial charge is 1.00 e. The first kappa shape index (κ1) is 15.8. The molecule has 3 nitrogen and oxygen atoms in total. The van der Waals surface area contributed by atoms with E-state index < -0.39 is 0 Å². The van der Waals surface area contributed by atoms with E-state index in [0.717, 1.165) is 0 Å². The van der Waals surface area contributed by atoms with Crippen LogP contribution in [0, 0.1) is 0 Å². The summed E-state index contributed by atoms with van der Waals surface area (Å²) in [4.78, 5) is 9.36. The van der Waals surface area contributed by atoms with Crippen molar-refractivity contribution >= 4 is 6.29 Å². The van der Waals surface area contributed by atoms with Crippen LogP contribution in [0.3, 0.4) is 0 Å². The van der Waals surface area contributed by atoms with Crippen molar-refractivity contribution in [3.8, 4) is 0 Å². The van der Waals surface area contributed by atoms with Gasteiger partial charge in [-0.1, -0.05) is 0 Å². The third kappa shape index (κ3) is 16.0. The van der Waals surface area contributed by atoms with Crippen molar-refractivity contribution in [3.63, 3.8) is 0 Å². The Morgan fingerprint density at radius 2 is 2.12 bits per heavy atom. The molecule has 0 unspecified atom stereocenters. The molecule has 0 aromatic heterocycles. The summed E-state index contributed by atoms with van der Waals surface area (Å²) in [7, 11) is 1.55. The quantitative estimate of drug-likeness (QED) is 0.170. The monoisotopic (exact) mass is 129 g/mol. The van der Waals surface area contributed by atoms with Gasteiger partial charge in [0.15, 0.2) is 0 Å². The fraction of sp³-hybridized carbons (Fsp3) is 0.750. The van der Waals surface area contributed by atoms with E-state index in [4.69, 9.17) is 0 Å². The van der Waals surface area contributed by atoms with E-state index in [2.05, 4.69) is 4.74 Å². The second-order valence-corrected chi connectivity index (χ2v) is 0.887. The second-order valence-electron chi connectivity index (χ2n) is 0.887. The first-order chi connectivity index (χ1) is 2.91. The van der Waals surface area contributed by atoms with Gasteiger partial charge in [-0.3, -0.25) is 6.29 Å². The standard InChI is InChI=1S/C4H7O2.Na.H2O/c1-6-4-2-3-5;;/h2,4H2,1H3;;1H2/q-1;+1;/p+1. The maximum Gasteiger partial charge on any atom is 1.00 e. The molecule has 0 atom stereocenters. The summed E-state index contributed by atoms with van der Waals surface area (Å²) < 4.78 is 4.52. The van der Waals surface area contributed by atoms with Crippen molar-refractivity contribution in [1.82, 2.24) is 0 Å². The third-order valence-electron chi connectivity index (χ3n) is 0.408. The predicted octanol–water partition coefficient (Wildman–Crippen LogP) is -3.79. The minimum absolute atomic E-state index is 0. The maximum atomic E-state index is 9.36. The molecule has 0 fully saturated rings. The summed E-state index contributed by atoms with van der Waals surface area (Å²) in [6.07, 6.45) is 2.08. The fourth-order valence-corrected chi connectivity index (χ4v) is 0.144. The number of hydrogen-bond acceptors (Lipinski definition) is 2. The van der Waals surface area contributed by atoms with Crippen molar-refractivity contribution in [1.29, 1.82) is 0 Å². The van der Waals surface area contributed by atoms with Gasteiger partial charge in [-0.15, -0.1) is 6.42 Å². The Labute approximate surface area is 71.0 Å².